The van der Waals surface area contributed by atoms with Crippen molar-refractivity contribution in [3.8, 4) is 73.2 Å². The van der Waals surface area contributed by atoms with Gasteiger partial charge in [0.25, 0.3) is 6.33 Å². The van der Waals surface area contributed by atoms with Crippen molar-refractivity contribution in [1.29, 1.82) is 0 Å². The fraction of sp³-hybridized carbons (Fsp3) is 0.169. The lowest BCUT2D eigenvalue weighted by atomic mass is 9.88. The number of aryl methyl sites for hydroxylation is 1. The maximum Gasteiger partial charge on any atom is 0.269 e. The van der Waals surface area contributed by atoms with Gasteiger partial charge in [0.15, 0.2) is 0 Å². The van der Waals surface area contributed by atoms with Gasteiger partial charge in [-0.1, -0.05) is 191 Å². The maximum atomic E-state index is 6.89. The largest absolute Gasteiger partial charge is 0.458 e. The zero-order valence-electron chi connectivity index (χ0n) is 40.5. The molecule has 0 aliphatic carbocycles. The fourth-order valence-corrected chi connectivity index (χ4v) is 18.4. The van der Waals surface area contributed by atoms with Crippen LogP contribution < -0.4 is 14.5 Å². The molecular weight excluding hydrogens is 881 g/mol. The number of benzene rings is 8. The molecule has 0 bridgehead atoms. The van der Waals surface area contributed by atoms with E-state index in [1.165, 1.54) is 99.3 Å². The number of ether oxygens (including phenoxy) is 1. The minimum Gasteiger partial charge on any atom is -0.458 e. The molecule has 0 radical (unpaired) electrons. The third kappa shape index (κ3) is 6.72. The summed E-state index contributed by atoms with van der Waals surface area (Å²) in [5, 5.41) is 4.07. The molecule has 3 aromatic heterocycles. The summed E-state index contributed by atoms with van der Waals surface area (Å²) in [6, 6.07) is 71.3. The van der Waals surface area contributed by atoms with Crippen molar-refractivity contribution in [2.24, 2.45) is 0 Å². The van der Waals surface area contributed by atoms with Gasteiger partial charge in [0.05, 0.1) is 41.5 Å². The molecular formula is C65H54N4OSi. The highest BCUT2D eigenvalue weighted by atomic mass is 28.3. The van der Waals surface area contributed by atoms with E-state index in [4.69, 9.17) is 9.72 Å². The maximum absolute atomic E-state index is 6.89. The van der Waals surface area contributed by atoms with Crippen LogP contribution in [0.1, 0.15) is 51.2 Å². The number of rotatable bonds is 5. The Labute approximate surface area is 416 Å². The number of pyridine rings is 1. The molecule has 1 spiro atoms. The Morgan fingerprint density at radius 2 is 1.20 bits per heavy atom. The van der Waals surface area contributed by atoms with E-state index in [0.29, 0.717) is 0 Å². The van der Waals surface area contributed by atoms with E-state index in [2.05, 4.69) is 223 Å². The van der Waals surface area contributed by atoms with Crippen molar-refractivity contribution < 1.29 is 9.30 Å². The summed E-state index contributed by atoms with van der Waals surface area (Å²) in [5.41, 5.74) is 19.1. The molecule has 0 unspecified atom stereocenters. The van der Waals surface area contributed by atoms with Crippen LogP contribution in [0.2, 0.25) is 18.1 Å². The van der Waals surface area contributed by atoms with Crippen LogP contribution in [0.15, 0.2) is 188 Å². The number of imidazole rings is 1. The van der Waals surface area contributed by atoms with E-state index < -0.39 is 8.07 Å². The molecule has 5 nitrogen and oxygen atoms in total. The smallest absolute Gasteiger partial charge is 0.269 e. The molecule has 0 atom stereocenters. The first kappa shape index (κ1) is 42.1. The van der Waals surface area contributed by atoms with Crippen molar-refractivity contribution in [2.75, 3.05) is 0 Å². The Balaban J connectivity index is 0.948. The van der Waals surface area contributed by atoms with Crippen LogP contribution in [0.5, 0.6) is 11.5 Å². The predicted octanol–water partition coefficient (Wildman–Crippen LogP) is 15.7. The second kappa shape index (κ2) is 16.1. The normalized spacial score (nSPS) is 14.7. The molecule has 6 heteroatoms. The number of aromatic nitrogens is 4. The van der Waals surface area contributed by atoms with Crippen molar-refractivity contribution in [2.45, 2.75) is 70.0 Å². The molecule has 6 heterocycles. The van der Waals surface area contributed by atoms with Crippen molar-refractivity contribution in [1.82, 2.24) is 14.1 Å². The summed E-state index contributed by atoms with van der Waals surface area (Å²) >= 11 is 0. The Bertz CT molecular complexity index is 3960. The molecule has 3 aliphatic heterocycles. The van der Waals surface area contributed by atoms with Crippen LogP contribution in [0, 0.1) is 6.33 Å². The zero-order chi connectivity index (χ0) is 47.4. The fourth-order valence-electron chi connectivity index (χ4n) is 12.7. The molecule has 0 N–H and O–H groups in total. The van der Waals surface area contributed by atoms with Gasteiger partial charge in [-0.3, -0.25) is 13.7 Å². The molecule has 11 aromatic rings. The van der Waals surface area contributed by atoms with E-state index in [-0.39, 0.29) is 5.41 Å². The van der Waals surface area contributed by atoms with Gasteiger partial charge in [-0.25, -0.2) is 4.98 Å². The second-order valence-corrected chi connectivity index (χ2v) is 25.8. The highest BCUT2D eigenvalue weighted by Crippen LogP contribution is 2.46. The van der Waals surface area contributed by atoms with E-state index >= 15 is 0 Å². The van der Waals surface area contributed by atoms with Gasteiger partial charge in [-0.05, 0) is 116 Å². The van der Waals surface area contributed by atoms with Crippen LogP contribution in [0.4, 0.5) is 0 Å². The van der Waals surface area contributed by atoms with Crippen molar-refractivity contribution in [3.05, 3.63) is 206 Å². The Morgan fingerprint density at radius 3 is 2.01 bits per heavy atom. The van der Waals surface area contributed by atoms with Crippen LogP contribution in [-0.2, 0) is 11.8 Å². The second-order valence-electron chi connectivity index (χ2n) is 21.2. The van der Waals surface area contributed by atoms with Gasteiger partial charge in [-0.15, -0.1) is 0 Å². The number of para-hydroxylation sites is 3. The van der Waals surface area contributed by atoms with Crippen molar-refractivity contribution in [3.63, 3.8) is 0 Å². The molecule has 71 heavy (non-hydrogen) atoms. The summed E-state index contributed by atoms with van der Waals surface area (Å²) in [7, 11) is -1.53. The van der Waals surface area contributed by atoms with Crippen LogP contribution in [0.3, 0.4) is 0 Å². The van der Waals surface area contributed by atoms with Gasteiger partial charge >= 0.3 is 0 Å². The van der Waals surface area contributed by atoms with Crippen LogP contribution in [-0.4, -0.2) is 22.2 Å². The first-order chi connectivity index (χ1) is 34.8. The molecule has 3 aliphatic rings. The van der Waals surface area contributed by atoms with Gasteiger partial charge in [-0.2, -0.15) is 0 Å². The Kier molecular flexibility index (Phi) is 9.56. The highest BCUT2D eigenvalue weighted by molar-refractivity contribution is 6.93. The third-order valence-corrected chi connectivity index (χ3v) is 21.7. The minimum atomic E-state index is -1.53. The average Bonchev–Trinajstić information content (AvgIpc) is 4.13. The highest BCUT2D eigenvalue weighted by Gasteiger charge is 2.41. The minimum absolute atomic E-state index is 0.0165. The average molecular weight is 935 g/mol. The van der Waals surface area contributed by atoms with Gasteiger partial charge in [0.2, 0.25) is 0 Å². The molecule has 0 saturated carbocycles. The zero-order valence-corrected chi connectivity index (χ0v) is 41.5. The third-order valence-electron chi connectivity index (χ3n) is 16.1. The molecule has 14 rings (SSSR count). The Hall–Kier alpha value is -7.80. The van der Waals surface area contributed by atoms with Crippen molar-refractivity contribution >= 4 is 46.1 Å². The number of fused-ring (bicyclic) bond motifs is 12. The van der Waals surface area contributed by atoms with Gasteiger partial charge in [0.1, 0.15) is 17.3 Å². The van der Waals surface area contributed by atoms with Crippen LogP contribution in [0.25, 0.3) is 94.5 Å². The number of nitrogens with zero attached hydrogens (tertiary/aromatic N) is 4. The summed E-state index contributed by atoms with van der Waals surface area (Å²) in [4.78, 5) is 4.92. The number of hydrogen-bond donors (Lipinski definition) is 0. The summed E-state index contributed by atoms with van der Waals surface area (Å²) in [5.74, 6) is 2.40. The standard InChI is InChI=1S/C65H54N4OSi/c1-65(2,3)45-33-34-66-62(39-45)69-58-27-9-8-23-54(58)55-32-31-48(41-60(55)69)70-47-18-12-17-46(40-47)67-42-68-63-49(44-30-29-43-16-15-37-71(61(43)38-44)35-10-11-36-71)24-13-25-56(63)52-21-6-4-19-50(52)51-20-5-7-22-53(51)57-26-14-28-59(67)64(57)68/h4-9,12-14,17-34,38-41H,10-11,15-16,35-37H2,1-3H3. The first-order valence-corrected chi connectivity index (χ1v) is 28.2. The SMILES string of the molecule is CC(C)(C)c1ccnc(-n2c3ccccc3c3ccc(Oc4cccc(-n5[c-][n+]6c7c(cccc75)-c5ccccc5-c5ccccc5-c5cccc(-c7ccc8c(c7)[Si]7(CCCC7)CCC8)c5-6)c4)cc32)c1. The predicted molar refractivity (Wildman–Crippen MR) is 294 cm³/mol. The molecule has 8 aromatic carbocycles. The molecule has 344 valence electrons. The van der Waals surface area contributed by atoms with E-state index in [1.54, 1.807) is 10.8 Å². The van der Waals surface area contributed by atoms with Gasteiger partial charge in [0, 0.05) is 23.0 Å². The van der Waals surface area contributed by atoms with E-state index in [9.17, 15) is 0 Å². The lowest BCUT2D eigenvalue weighted by Gasteiger charge is -2.34. The lowest BCUT2D eigenvalue weighted by molar-refractivity contribution is -0.570. The topological polar surface area (TPSA) is 35.9 Å². The molecule has 1 fully saturated rings. The Morgan fingerprint density at radius 1 is 0.549 bits per heavy atom. The first-order valence-electron chi connectivity index (χ1n) is 25.5. The molecule has 1 saturated heterocycles. The summed E-state index contributed by atoms with van der Waals surface area (Å²) in [6.45, 7) is 6.74. The summed E-state index contributed by atoms with van der Waals surface area (Å²) < 4.78 is 13.8. The lowest BCUT2D eigenvalue weighted by Crippen LogP contribution is -2.49. The molecule has 0 amide bonds. The van der Waals surface area contributed by atoms with Gasteiger partial charge < -0.3 is 4.74 Å². The van der Waals surface area contributed by atoms with E-state index in [1.807, 2.05) is 6.20 Å². The summed E-state index contributed by atoms with van der Waals surface area (Å²) in [6.07, 6.45) is 11.3. The monoisotopic (exact) mass is 934 g/mol. The quantitative estimate of drug-likeness (QED) is 0.0979. The number of hydrogen-bond acceptors (Lipinski definition) is 2. The van der Waals surface area contributed by atoms with Crippen LogP contribution >= 0.6 is 0 Å². The van der Waals surface area contributed by atoms with E-state index in [0.717, 1.165) is 56.1 Å².